The SMILES string of the molecule is COCCOc1ccc(C(F)(F)F)cc1NC(=O)CCC(C)N. The number of nitrogens with one attached hydrogen (secondary N) is 1. The molecule has 1 aromatic carbocycles. The number of benzene rings is 1. The third-order valence-corrected chi connectivity index (χ3v) is 2.95. The topological polar surface area (TPSA) is 73.6 Å². The number of carbonyl (C=O) groups excluding carboxylic acids is 1. The van der Waals surface area contributed by atoms with E-state index in [4.69, 9.17) is 15.2 Å². The number of rotatable bonds is 8. The smallest absolute Gasteiger partial charge is 0.416 e. The number of carbonyl (C=O) groups is 1. The molecule has 1 rings (SSSR count). The van der Waals surface area contributed by atoms with Crippen LogP contribution in [0.25, 0.3) is 0 Å². The summed E-state index contributed by atoms with van der Waals surface area (Å²) in [6.45, 7) is 2.18. The van der Waals surface area contributed by atoms with Gasteiger partial charge in [-0.05, 0) is 31.5 Å². The largest absolute Gasteiger partial charge is 0.489 e. The monoisotopic (exact) mass is 334 g/mol. The molecular formula is C15H21F3N2O3. The van der Waals surface area contributed by atoms with Crippen molar-refractivity contribution in [2.24, 2.45) is 5.73 Å². The van der Waals surface area contributed by atoms with Gasteiger partial charge in [0.1, 0.15) is 12.4 Å². The lowest BCUT2D eigenvalue weighted by atomic mass is 10.1. The molecule has 8 heteroatoms. The Morgan fingerprint density at radius 3 is 2.61 bits per heavy atom. The minimum Gasteiger partial charge on any atom is -0.489 e. The summed E-state index contributed by atoms with van der Waals surface area (Å²) >= 11 is 0. The molecule has 0 saturated carbocycles. The van der Waals surface area contributed by atoms with Crippen molar-refractivity contribution < 1.29 is 27.4 Å². The van der Waals surface area contributed by atoms with E-state index in [0.29, 0.717) is 6.42 Å². The van der Waals surface area contributed by atoms with Crippen LogP contribution in [0.15, 0.2) is 18.2 Å². The van der Waals surface area contributed by atoms with Crippen LogP contribution in [0.2, 0.25) is 0 Å². The summed E-state index contributed by atoms with van der Waals surface area (Å²) in [6.07, 6.45) is -3.95. The molecule has 1 unspecified atom stereocenters. The average Bonchev–Trinajstić information content (AvgIpc) is 2.45. The summed E-state index contributed by atoms with van der Waals surface area (Å²) in [5.41, 5.74) is 4.67. The predicted octanol–water partition coefficient (Wildman–Crippen LogP) is 2.80. The van der Waals surface area contributed by atoms with E-state index < -0.39 is 17.6 Å². The van der Waals surface area contributed by atoms with Crippen molar-refractivity contribution in [1.29, 1.82) is 0 Å². The second-order valence-corrected chi connectivity index (χ2v) is 5.11. The van der Waals surface area contributed by atoms with Crippen molar-refractivity contribution in [2.45, 2.75) is 32.0 Å². The van der Waals surface area contributed by atoms with Crippen LogP contribution in [0.4, 0.5) is 18.9 Å². The quantitative estimate of drug-likeness (QED) is 0.717. The number of anilines is 1. The Balaban J connectivity index is 2.91. The maximum atomic E-state index is 12.8. The Kier molecular flexibility index (Phi) is 7.31. The molecule has 0 aliphatic carbocycles. The van der Waals surface area contributed by atoms with Crippen LogP contribution in [-0.2, 0) is 15.7 Å². The highest BCUT2D eigenvalue weighted by molar-refractivity contribution is 5.92. The third-order valence-electron chi connectivity index (χ3n) is 2.95. The number of halogens is 3. The summed E-state index contributed by atoms with van der Waals surface area (Å²) in [7, 11) is 1.48. The summed E-state index contributed by atoms with van der Waals surface area (Å²) in [5.74, 6) is -0.262. The van der Waals surface area contributed by atoms with Gasteiger partial charge in [-0.15, -0.1) is 0 Å². The zero-order chi connectivity index (χ0) is 17.5. The lowest BCUT2D eigenvalue weighted by molar-refractivity contribution is -0.137. The predicted molar refractivity (Wildman–Crippen MR) is 80.3 cm³/mol. The van der Waals surface area contributed by atoms with Gasteiger partial charge < -0.3 is 20.5 Å². The maximum absolute atomic E-state index is 12.8. The summed E-state index contributed by atoms with van der Waals surface area (Å²) in [4.78, 5) is 11.8. The Hall–Kier alpha value is -1.80. The molecule has 0 spiro atoms. The van der Waals surface area contributed by atoms with Crippen molar-refractivity contribution in [3.8, 4) is 5.75 Å². The standard InChI is InChI=1S/C15H21F3N2O3/c1-10(19)3-6-14(21)20-12-9-11(15(16,17)18)4-5-13(12)23-8-7-22-2/h4-5,9-10H,3,6-8,19H2,1-2H3,(H,20,21). The number of ether oxygens (including phenoxy) is 2. The van der Waals surface area contributed by atoms with Gasteiger partial charge in [0.05, 0.1) is 17.9 Å². The first-order valence-corrected chi connectivity index (χ1v) is 7.12. The lowest BCUT2D eigenvalue weighted by Gasteiger charge is -2.15. The molecule has 0 bridgehead atoms. The van der Waals surface area contributed by atoms with Gasteiger partial charge >= 0.3 is 6.18 Å². The van der Waals surface area contributed by atoms with Crippen molar-refractivity contribution >= 4 is 11.6 Å². The molecule has 0 heterocycles. The number of nitrogens with two attached hydrogens (primary N) is 1. The van der Waals surface area contributed by atoms with E-state index in [1.165, 1.54) is 13.2 Å². The second kappa shape index (κ2) is 8.73. The fraction of sp³-hybridized carbons (Fsp3) is 0.533. The van der Waals surface area contributed by atoms with Gasteiger partial charge in [0.2, 0.25) is 5.91 Å². The second-order valence-electron chi connectivity index (χ2n) is 5.11. The van der Waals surface area contributed by atoms with E-state index in [1.54, 1.807) is 6.92 Å². The molecule has 0 radical (unpaired) electrons. The summed E-state index contributed by atoms with van der Waals surface area (Å²) in [6, 6.07) is 2.77. The molecule has 23 heavy (non-hydrogen) atoms. The highest BCUT2D eigenvalue weighted by Crippen LogP contribution is 2.35. The van der Waals surface area contributed by atoms with Gasteiger partial charge in [-0.2, -0.15) is 13.2 Å². The Morgan fingerprint density at radius 1 is 1.35 bits per heavy atom. The normalized spacial score (nSPS) is 12.8. The van der Waals surface area contributed by atoms with Gasteiger partial charge in [0, 0.05) is 19.6 Å². The first-order valence-electron chi connectivity index (χ1n) is 7.12. The summed E-state index contributed by atoms with van der Waals surface area (Å²) in [5, 5.41) is 2.44. The molecule has 5 nitrogen and oxygen atoms in total. The van der Waals surface area contributed by atoms with E-state index in [0.717, 1.165) is 12.1 Å². The molecule has 1 aromatic rings. The summed E-state index contributed by atoms with van der Waals surface area (Å²) < 4.78 is 48.6. The Bertz CT molecular complexity index is 519. The zero-order valence-corrected chi connectivity index (χ0v) is 13.1. The van der Waals surface area contributed by atoms with Crippen molar-refractivity contribution in [3.63, 3.8) is 0 Å². The van der Waals surface area contributed by atoms with Crippen molar-refractivity contribution in [3.05, 3.63) is 23.8 Å². The van der Waals surface area contributed by atoms with Crippen LogP contribution in [-0.4, -0.2) is 32.3 Å². The van der Waals surface area contributed by atoms with Gasteiger partial charge in [0.15, 0.2) is 0 Å². The van der Waals surface area contributed by atoms with Gasteiger partial charge in [-0.25, -0.2) is 0 Å². The van der Waals surface area contributed by atoms with Crippen molar-refractivity contribution in [1.82, 2.24) is 0 Å². The first kappa shape index (κ1) is 19.2. The number of amides is 1. The van der Waals surface area contributed by atoms with Gasteiger partial charge in [-0.3, -0.25) is 4.79 Å². The van der Waals surface area contributed by atoms with Gasteiger partial charge in [-0.1, -0.05) is 0 Å². The minimum absolute atomic E-state index is 0.0226. The third kappa shape index (κ3) is 6.87. The molecule has 130 valence electrons. The van der Waals surface area contributed by atoms with Crippen molar-refractivity contribution in [2.75, 3.05) is 25.6 Å². The van der Waals surface area contributed by atoms with E-state index >= 15 is 0 Å². The molecule has 0 aliphatic rings. The fourth-order valence-corrected chi connectivity index (χ4v) is 1.74. The van der Waals surface area contributed by atoms with Crippen LogP contribution >= 0.6 is 0 Å². The molecule has 3 N–H and O–H groups in total. The van der Waals surface area contributed by atoms with Crippen LogP contribution in [0.5, 0.6) is 5.75 Å². The van der Waals surface area contributed by atoms with Crippen LogP contribution in [0.1, 0.15) is 25.3 Å². The zero-order valence-electron chi connectivity index (χ0n) is 13.1. The molecule has 0 aromatic heterocycles. The van der Waals surface area contributed by atoms with Crippen LogP contribution < -0.4 is 15.8 Å². The first-order chi connectivity index (χ1) is 10.7. The van der Waals surface area contributed by atoms with E-state index in [9.17, 15) is 18.0 Å². The maximum Gasteiger partial charge on any atom is 0.416 e. The minimum atomic E-state index is -4.50. The number of hydrogen-bond acceptors (Lipinski definition) is 4. The molecule has 0 saturated heterocycles. The Labute approximate surface area is 132 Å². The van der Waals surface area contributed by atoms with E-state index in [-0.39, 0.29) is 37.1 Å². The van der Waals surface area contributed by atoms with E-state index in [1.807, 2.05) is 0 Å². The fourth-order valence-electron chi connectivity index (χ4n) is 1.74. The molecule has 0 fully saturated rings. The number of hydrogen-bond donors (Lipinski definition) is 2. The molecule has 1 amide bonds. The molecule has 0 aliphatic heterocycles. The molecular weight excluding hydrogens is 313 g/mol. The number of alkyl halides is 3. The Morgan fingerprint density at radius 2 is 2.04 bits per heavy atom. The van der Waals surface area contributed by atoms with Crippen LogP contribution in [0.3, 0.4) is 0 Å². The average molecular weight is 334 g/mol. The number of methoxy groups -OCH3 is 1. The highest BCUT2D eigenvalue weighted by atomic mass is 19.4. The van der Waals surface area contributed by atoms with Crippen LogP contribution in [0, 0.1) is 0 Å². The highest BCUT2D eigenvalue weighted by Gasteiger charge is 2.31. The van der Waals surface area contributed by atoms with Gasteiger partial charge in [0.25, 0.3) is 0 Å². The molecule has 1 atom stereocenters. The van der Waals surface area contributed by atoms with E-state index in [2.05, 4.69) is 5.32 Å². The lowest BCUT2D eigenvalue weighted by Crippen LogP contribution is -2.20.